The molecule has 1 N–H and O–H groups in total. The van der Waals surface area contributed by atoms with Crippen LogP contribution in [0, 0.1) is 12.3 Å². The van der Waals surface area contributed by atoms with Crippen LogP contribution in [0.2, 0.25) is 0 Å². The number of aryl methyl sites for hydroxylation is 1. The first-order chi connectivity index (χ1) is 13.7. The molecule has 0 aliphatic heterocycles. The number of benzene rings is 2. The van der Waals surface area contributed by atoms with Gasteiger partial charge in [-0.3, -0.25) is 9.10 Å². The van der Waals surface area contributed by atoms with E-state index in [0.717, 1.165) is 20.8 Å². The maximum atomic E-state index is 13.4. The Morgan fingerprint density at radius 1 is 1.03 bits per heavy atom. The third-order valence-electron chi connectivity index (χ3n) is 4.44. The van der Waals surface area contributed by atoms with Gasteiger partial charge in [0.15, 0.2) is 0 Å². The molecule has 0 bridgehead atoms. The highest BCUT2D eigenvalue weighted by atomic mass is 79.9. The first-order valence-corrected chi connectivity index (χ1v) is 12.1. The van der Waals surface area contributed by atoms with Crippen LogP contribution >= 0.6 is 15.9 Å². The molecule has 2 aromatic carbocycles. The Bertz CT molecular complexity index is 994. The van der Waals surface area contributed by atoms with Gasteiger partial charge in [-0.2, -0.15) is 0 Å². The van der Waals surface area contributed by atoms with Gasteiger partial charge in [-0.05, 0) is 62.9 Å². The summed E-state index contributed by atoms with van der Waals surface area (Å²) in [4.78, 5) is 13.1. The zero-order chi connectivity index (χ0) is 22.7. The number of amides is 1. The molecule has 2 rings (SSSR count). The van der Waals surface area contributed by atoms with Crippen LogP contribution in [0.5, 0.6) is 0 Å². The van der Waals surface area contributed by atoms with Crippen LogP contribution in [0.25, 0.3) is 0 Å². The summed E-state index contributed by atoms with van der Waals surface area (Å²) in [5.74, 6) is -0.347. The lowest BCUT2D eigenvalue weighted by atomic mass is 9.82. The van der Waals surface area contributed by atoms with Crippen molar-refractivity contribution in [2.45, 2.75) is 58.4 Å². The van der Waals surface area contributed by atoms with Crippen molar-refractivity contribution in [2.75, 3.05) is 10.8 Å². The number of nitrogens with zero attached hydrogens (tertiary/aromatic N) is 1. The second-order valence-corrected chi connectivity index (χ2v) is 12.3. The lowest BCUT2D eigenvalue weighted by Crippen LogP contribution is -2.50. The average Bonchev–Trinajstić information content (AvgIpc) is 2.57. The topological polar surface area (TPSA) is 66.5 Å². The number of carbonyl (C=O) groups is 1. The van der Waals surface area contributed by atoms with E-state index >= 15 is 0 Å². The first kappa shape index (κ1) is 24.4. The summed E-state index contributed by atoms with van der Waals surface area (Å²) in [6, 6.07) is 13.6. The Morgan fingerprint density at radius 2 is 1.63 bits per heavy atom. The van der Waals surface area contributed by atoms with E-state index in [4.69, 9.17) is 0 Å². The molecule has 164 valence electrons. The van der Waals surface area contributed by atoms with E-state index in [9.17, 15) is 13.2 Å². The lowest BCUT2D eigenvalue weighted by molar-refractivity contribution is -0.121. The predicted molar refractivity (Wildman–Crippen MR) is 126 cm³/mol. The molecule has 0 fully saturated rings. The summed E-state index contributed by atoms with van der Waals surface area (Å²) in [6.07, 6.45) is 0.757. The van der Waals surface area contributed by atoms with Gasteiger partial charge >= 0.3 is 0 Å². The quantitative estimate of drug-likeness (QED) is 0.568. The maximum Gasteiger partial charge on any atom is 0.264 e. The smallest absolute Gasteiger partial charge is 0.264 e. The molecule has 0 aromatic heterocycles. The Morgan fingerprint density at radius 3 is 2.17 bits per heavy atom. The second-order valence-electron chi connectivity index (χ2n) is 9.47. The molecule has 2 aromatic rings. The molecular weight excluding hydrogens is 464 g/mol. The van der Waals surface area contributed by atoms with Gasteiger partial charge in [-0.25, -0.2) is 8.42 Å². The van der Waals surface area contributed by atoms with Gasteiger partial charge in [0.1, 0.15) is 6.54 Å². The van der Waals surface area contributed by atoms with Gasteiger partial charge in [0, 0.05) is 10.0 Å². The lowest BCUT2D eigenvalue weighted by Gasteiger charge is -2.34. The number of sulfonamides is 1. The summed E-state index contributed by atoms with van der Waals surface area (Å²) >= 11 is 3.39. The van der Waals surface area contributed by atoms with Crippen LogP contribution in [-0.2, 0) is 14.8 Å². The number of halogens is 1. The summed E-state index contributed by atoms with van der Waals surface area (Å²) in [6.45, 7) is 11.8. The van der Waals surface area contributed by atoms with E-state index in [1.807, 2.05) is 26.8 Å². The molecule has 0 unspecified atom stereocenters. The van der Waals surface area contributed by atoms with E-state index in [0.29, 0.717) is 5.69 Å². The molecule has 30 heavy (non-hydrogen) atoms. The van der Waals surface area contributed by atoms with Crippen LogP contribution < -0.4 is 9.62 Å². The Labute approximate surface area is 189 Å². The molecule has 0 saturated heterocycles. The van der Waals surface area contributed by atoms with Crippen molar-refractivity contribution in [3.05, 3.63) is 58.6 Å². The summed E-state index contributed by atoms with van der Waals surface area (Å²) < 4.78 is 28.7. The first-order valence-electron chi connectivity index (χ1n) is 9.86. The van der Waals surface area contributed by atoms with Gasteiger partial charge < -0.3 is 5.32 Å². The SMILES string of the molecule is Cc1ccc(S(=O)(=O)N(CC(=O)NC(C)(C)CC(C)(C)C)c2cccc(Br)c2)cc1. The van der Waals surface area contributed by atoms with Crippen LogP contribution in [0.3, 0.4) is 0 Å². The fraction of sp³-hybridized carbons (Fsp3) is 0.435. The van der Waals surface area contributed by atoms with Crippen molar-refractivity contribution in [1.82, 2.24) is 5.32 Å². The number of rotatable bonds is 7. The van der Waals surface area contributed by atoms with Crippen molar-refractivity contribution >= 4 is 37.5 Å². The third-order valence-corrected chi connectivity index (χ3v) is 6.72. The van der Waals surface area contributed by atoms with Crippen LogP contribution in [0.1, 0.15) is 46.6 Å². The van der Waals surface area contributed by atoms with Crippen molar-refractivity contribution in [2.24, 2.45) is 5.41 Å². The minimum atomic E-state index is -3.92. The van der Waals surface area contributed by atoms with Crippen molar-refractivity contribution in [3.63, 3.8) is 0 Å². The summed E-state index contributed by atoms with van der Waals surface area (Å²) in [7, 11) is -3.92. The Kier molecular flexibility index (Phi) is 7.41. The Balaban J connectivity index is 2.38. The molecule has 1 amide bonds. The summed E-state index contributed by atoms with van der Waals surface area (Å²) in [5.41, 5.74) is 0.944. The van der Waals surface area contributed by atoms with Gasteiger partial charge in [0.2, 0.25) is 5.91 Å². The van der Waals surface area contributed by atoms with Crippen molar-refractivity contribution in [3.8, 4) is 0 Å². The number of hydrogen-bond acceptors (Lipinski definition) is 3. The third kappa shape index (κ3) is 6.84. The van der Waals surface area contributed by atoms with Crippen molar-refractivity contribution in [1.29, 1.82) is 0 Å². The van der Waals surface area contributed by atoms with Crippen LogP contribution in [0.15, 0.2) is 57.9 Å². The molecule has 7 heteroatoms. The number of hydrogen-bond donors (Lipinski definition) is 1. The van der Waals surface area contributed by atoms with Gasteiger partial charge in [-0.1, -0.05) is 60.5 Å². The fourth-order valence-electron chi connectivity index (χ4n) is 3.70. The van der Waals surface area contributed by atoms with Crippen LogP contribution in [0.4, 0.5) is 5.69 Å². The van der Waals surface area contributed by atoms with E-state index in [2.05, 4.69) is 42.0 Å². The Hall–Kier alpha value is -1.86. The van der Waals surface area contributed by atoms with E-state index < -0.39 is 15.6 Å². The van der Waals surface area contributed by atoms with Gasteiger partial charge in [0.25, 0.3) is 10.0 Å². The number of anilines is 1. The highest BCUT2D eigenvalue weighted by molar-refractivity contribution is 9.10. The molecule has 0 radical (unpaired) electrons. The molecule has 0 saturated carbocycles. The molecule has 0 aliphatic carbocycles. The molecule has 5 nitrogen and oxygen atoms in total. The normalized spacial score (nSPS) is 12.5. The standard InChI is InChI=1S/C23H31BrN2O3S/c1-17-10-12-20(13-11-17)30(28,29)26(19-9-7-8-18(24)14-19)15-21(27)25-23(5,6)16-22(2,3)4/h7-14H,15-16H2,1-6H3,(H,25,27). The zero-order valence-electron chi connectivity index (χ0n) is 18.5. The second kappa shape index (κ2) is 9.10. The highest BCUT2D eigenvalue weighted by Crippen LogP contribution is 2.28. The maximum absolute atomic E-state index is 13.4. The number of nitrogens with one attached hydrogen (secondary N) is 1. The minimum absolute atomic E-state index is 0.0226. The summed E-state index contributed by atoms with van der Waals surface area (Å²) in [5, 5.41) is 3.00. The zero-order valence-corrected chi connectivity index (χ0v) is 20.9. The molecule has 0 aliphatic rings. The monoisotopic (exact) mass is 494 g/mol. The molecule has 0 spiro atoms. The van der Waals surface area contributed by atoms with Crippen LogP contribution in [-0.4, -0.2) is 26.4 Å². The van der Waals surface area contributed by atoms with E-state index in [-0.39, 0.29) is 22.8 Å². The molecular formula is C23H31BrN2O3S. The average molecular weight is 495 g/mol. The minimum Gasteiger partial charge on any atom is -0.350 e. The van der Waals surface area contributed by atoms with Gasteiger partial charge in [0.05, 0.1) is 10.6 Å². The van der Waals surface area contributed by atoms with E-state index in [1.165, 1.54) is 0 Å². The highest BCUT2D eigenvalue weighted by Gasteiger charge is 2.31. The largest absolute Gasteiger partial charge is 0.350 e. The number of carbonyl (C=O) groups excluding carboxylic acids is 1. The van der Waals surface area contributed by atoms with Gasteiger partial charge in [-0.15, -0.1) is 0 Å². The van der Waals surface area contributed by atoms with Crippen molar-refractivity contribution < 1.29 is 13.2 Å². The molecule has 0 atom stereocenters. The fourth-order valence-corrected chi connectivity index (χ4v) is 5.50. The van der Waals surface area contributed by atoms with E-state index in [1.54, 1.807) is 42.5 Å². The predicted octanol–water partition coefficient (Wildman–Crippen LogP) is 5.28. The molecule has 0 heterocycles.